The summed E-state index contributed by atoms with van der Waals surface area (Å²) in [6.45, 7) is 5.22. The van der Waals surface area contributed by atoms with Crippen LogP contribution in [0.2, 0.25) is 0 Å². The zero-order chi connectivity index (χ0) is 9.68. The molecule has 0 atom stereocenters. The molecule has 0 aromatic carbocycles. The molecule has 3 N–H and O–H groups in total. The van der Waals surface area contributed by atoms with Gasteiger partial charge in [0.25, 0.3) is 0 Å². The minimum Gasteiger partial charge on any atom is -0.383 e. The van der Waals surface area contributed by atoms with E-state index >= 15 is 0 Å². The standard InChI is InChI=1S/C10H17N3/c1-8(2)12-7-5-9-4-3-6-13-10(9)11/h3-4,6,8,12H,5,7H2,1-2H3,(H2,11,13). The lowest BCUT2D eigenvalue weighted by atomic mass is 10.2. The largest absolute Gasteiger partial charge is 0.383 e. The average Bonchev–Trinajstić information content (AvgIpc) is 2.08. The second-order valence-corrected chi connectivity index (χ2v) is 3.41. The molecule has 0 saturated heterocycles. The summed E-state index contributed by atoms with van der Waals surface area (Å²) in [6.07, 6.45) is 2.66. The molecule has 3 nitrogen and oxygen atoms in total. The molecule has 72 valence electrons. The number of nitrogens with one attached hydrogen (secondary N) is 1. The molecule has 1 aromatic heterocycles. The summed E-state index contributed by atoms with van der Waals surface area (Å²) in [5.74, 6) is 0.646. The maximum Gasteiger partial charge on any atom is 0.126 e. The Morgan fingerprint density at radius 1 is 1.54 bits per heavy atom. The molecule has 0 fully saturated rings. The first-order valence-electron chi connectivity index (χ1n) is 4.63. The van der Waals surface area contributed by atoms with Crippen molar-refractivity contribution in [1.29, 1.82) is 0 Å². The van der Waals surface area contributed by atoms with Crippen molar-refractivity contribution in [3.8, 4) is 0 Å². The second kappa shape index (κ2) is 4.82. The monoisotopic (exact) mass is 179 g/mol. The van der Waals surface area contributed by atoms with Crippen LogP contribution in [0.3, 0.4) is 0 Å². The summed E-state index contributed by atoms with van der Waals surface area (Å²) in [7, 11) is 0. The Morgan fingerprint density at radius 3 is 2.92 bits per heavy atom. The molecule has 0 bridgehead atoms. The first-order chi connectivity index (χ1) is 6.20. The number of rotatable bonds is 4. The molecule has 0 saturated carbocycles. The molecule has 0 aliphatic heterocycles. The summed E-state index contributed by atoms with van der Waals surface area (Å²) in [4.78, 5) is 4.03. The van der Waals surface area contributed by atoms with E-state index in [2.05, 4.69) is 24.1 Å². The third-order valence-electron chi connectivity index (χ3n) is 1.87. The Bertz CT molecular complexity index is 258. The van der Waals surface area contributed by atoms with E-state index in [1.807, 2.05) is 12.1 Å². The Labute approximate surface area is 79.4 Å². The molecule has 1 heterocycles. The summed E-state index contributed by atoms with van der Waals surface area (Å²) < 4.78 is 0. The highest BCUT2D eigenvalue weighted by Crippen LogP contribution is 2.06. The summed E-state index contributed by atoms with van der Waals surface area (Å²) in [6, 6.07) is 4.46. The van der Waals surface area contributed by atoms with Crippen molar-refractivity contribution in [2.45, 2.75) is 26.3 Å². The normalized spacial score (nSPS) is 10.7. The van der Waals surface area contributed by atoms with Crippen LogP contribution in [0.25, 0.3) is 0 Å². The Kier molecular flexibility index (Phi) is 3.71. The summed E-state index contributed by atoms with van der Waals surface area (Å²) in [5, 5.41) is 3.34. The number of hydrogen-bond donors (Lipinski definition) is 2. The number of pyridine rings is 1. The van der Waals surface area contributed by atoms with Crippen LogP contribution >= 0.6 is 0 Å². The molecule has 1 rings (SSSR count). The van der Waals surface area contributed by atoms with E-state index in [0.717, 1.165) is 18.5 Å². The molecule has 0 aliphatic rings. The third kappa shape index (κ3) is 3.42. The van der Waals surface area contributed by atoms with Gasteiger partial charge < -0.3 is 11.1 Å². The second-order valence-electron chi connectivity index (χ2n) is 3.41. The highest BCUT2D eigenvalue weighted by molar-refractivity contribution is 5.38. The van der Waals surface area contributed by atoms with Gasteiger partial charge >= 0.3 is 0 Å². The Hall–Kier alpha value is -1.09. The van der Waals surface area contributed by atoms with Crippen molar-refractivity contribution in [2.24, 2.45) is 0 Å². The zero-order valence-corrected chi connectivity index (χ0v) is 8.25. The van der Waals surface area contributed by atoms with Crippen LogP contribution in [0.4, 0.5) is 5.82 Å². The van der Waals surface area contributed by atoms with Crippen LogP contribution in [0.5, 0.6) is 0 Å². The van der Waals surface area contributed by atoms with Gasteiger partial charge in [-0.3, -0.25) is 0 Å². The SMILES string of the molecule is CC(C)NCCc1cccnc1N. The van der Waals surface area contributed by atoms with E-state index in [-0.39, 0.29) is 0 Å². The Balaban J connectivity index is 2.41. The molecule has 13 heavy (non-hydrogen) atoms. The fourth-order valence-electron chi connectivity index (χ4n) is 1.16. The predicted molar refractivity (Wildman–Crippen MR) is 55.5 cm³/mol. The van der Waals surface area contributed by atoms with E-state index in [0.29, 0.717) is 11.9 Å². The summed E-state index contributed by atoms with van der Waals surface area (Å²) >= 11 is 0. The minimum atomic E-state index is 0.526. The first-order valence-corrected chi connectivity index (χ1v) is 4.63. The van der Waals surface area contributed by atoms with Gasteiger partial charge in [-0.1, -0.05) is 19.9 Å². The van der Waals surface area contributed by atoms with E-state index in [4.69, 9.17) is 5.73 Å². The molecular formula is C10H17N3. The highest BCUT2D eigenvalue weighted by Gasteiger charge is 1.98. The number of nitrogen functional groups attached to an aromatic ring is 1. The van der Waals surface area contributed by atoms with Gasteiger partial charge in [0.15, 0.2) is 0 Å². The fourth-order valence-corrected chi connectivity index (χ4v) is 1.16. The maximum absolute atomic E-state index is 5.70. The molecule has 1 aromatic rings. The molecule has 0 unspecified atom stereocenters. The van der Waals surface area contributed by atoms with Gasteiger partial charge in [0.1, 0.15) is 5.82 Å². The van der Waals surface area contributed by atoms with Gasteiger partial charge in [0, 0.05) is 12.2 Å². The zero-order valence-electron chi connectivity index (χ0n) is 8.25. The highest BCUT2D eigenvalue weighted by atomic mass is 14.9. The first kappa shape index (κ1) is 9.99. The molecule has 3 heteroatoms. The summed E-state index contributed by atoms with van der Waals surface area (Å²) in [5.41, 5.74) is 6.82. The number of anilines is 1. The van der Waals surface area contributed by atoms with Gasteiger partial charge in [0.2, 0.25) is 0 Å². The van der Waals surface area contributed by atoms with Crippen LogP contribution in [-0.2, 0) is 6.42 Å². The van der Waals surface area contributed by atoms with Gasteiger partial charge in [-0.05, 0) is 24.6 Å². The quantitative estimate of drug-likeness (QED) is 0.730. The number of nitrogens with zero attached hydrogens (tertiary/aromatic N) is 1. The van der Waals surface area contributed by atoms with Crippen LogP contribution in [0.15, 0.2) is 18.3 Å². The van der Waals surface area contributed by atoms with Crippen LogP contribution in [-0.4, -0.2) is 17.6 Å². The number of hydrogen-bond acceptors (Lipinski definition) is 3. The van der Waals surface area contributed by atoms with E-state index < -0.39 is 0 Å². The lowest BCUT2D eigenvalue weighted by Gasteiger charge is -2.08. The fraction of sp³-hybridized carbons (Fsp3) is 0.500. The lowest BCUT2D eigenvalue weighted by molar-refractivity contribution is 0.590. The maximum atomic E-state index is 5.70. The van der Waals surface area contributed by atoms with Gasteiger partial charge in [0.05, 0.1) is 0 Å². The van der Waals surface area contributed by atoms with E-state index in [9.17, 15) is 0 Å². The van der Waals surface area contributed by atoms with E-state index in [1.54, 1.807) is 6.20 Å². The number of nitrogens with two attached hydrogens (primary N) is 1. The van der Waals surface area contributed by atoms with Crippen molar-refractivity contribution < 1.29 is 0 Å². The van der Waals surface area contributed by atoms with Gasteiger partial charge in [-0.25, -0.2) is 4.98 Å². The minimum absolute atomic E-state index is 0.526. The Morgan fingerprint density at radius 2 is 2.31 bits per heavy atom. The third-order valence-corrected chi connectivity index (χ3v) is 1.87. The van der Waals surface area contributed by atoms with Crippen LogP contribution < -0.4 is 11.1 Å². The number of aromatic nitrogens is 1. The molecule has 0 radical (unpaired) electrons. The smallest absolute Gasteiger partial charge is 0.126 e. The van der Waals surface area contributed by atoms with Crippen molar-refractivity contribution >= 4 is 5.82 Å². The van der Waals surface area contributed by atoms with Crippen molar-refractivity contribution in [3.05, 3.63) is 23.9 Å². The van der Waals surface area contributed by atoms with Crippen molar-refractivity contribution in [3.63, 3.8) is 0 Å². The van der Waals surface area contributed by atoms with Crippen LogP contribution in [0, 0.1) is 0 Å². The van der Waals surface area contributed by atoms with Crippen molar-refractivity contribution in [1.82, 2.24) is 10.3 Å². The molecular weight excluding hydrogens is 162 g/mol. The van der Waals surface area contributed by atoms with Crippen LogP contribution in [0.1, 0.15) is 19.4 Å². The topological polar surface area (TPSA) is 50.9 Å². The van der Waals surface area contributed by atoms with E-state index in [1.165, 1.54) is 0 Å². The predicted octanol–water partition coefficient (Wildman–Crippen LogP) is 1.20. The van der Waals surface area contributed by atoms with Gasteiger partial charge in [-0.2, -0.15) is 0 Å². The lowest BCUT2D eigenvalue weighted by Crippen LogP contribution is -2.25. The average molecular weight is 179 g/mol. The van der Waals surface area contributed by atoms with Crippen molar-refractivity contribution in [2.75, 3.05) is 12.3 Å². The molecule has 0 spiro atoms. The molecule has 0 aliphatic carbocycles. The molecule has 0 amide bonds. The van der Waals surface area contributed by atoms with Gasteiger partial charge in [-0.15, -0.1) is 0 Å².